The Bertz CT molecular complexity index is 569. The molecule has 1 amide bonds. The van der Waals surface area contributed by atoms with Gasteiger partial charge in [-0.2, -0.15) is 4.37 Å². The molecule has 0 unspecified atom stereocenters. The average molecular weight is 277 g/mol. The molecular formula is C12H15N5OS. The number of nitrogens with one attached hydrogen (secondary N) is 2. The first-order chi connectivity index (χ1) is 9.16. The second-order valence-corrected chi connectivity index (χ2v) is 4.67. The van der Waals surface area contributed by atoms with Crippen molar-refractivity contribution in [2.45, 2.75) is 6.92 Å². The zero-order valence-corrected chi connectivity index (χ0v) is 11.3. The Kier molecular flexibility index (Phi) is 4.30. The molecule has 0 saturated heterocycles. The van der Waals surface area contributed by atoms with Crippen molar-refractivity contribution in [3.8, 4) is 0 Å². The molecular weight excluding hydrogens is 262 g/mol. The Morgan fingerprint density at radius 1 is 1.37 bits per heavy atom. The van der Waals surface area contributed by atoms with Crippen molar-refractivity contribution >= 4 is 28.3 Å². The van der Waals surface area contributed by atoms with Gasteiger partial charge in [0.15, 0.2) is 0 Å². The first-order valence-electron chi connectivity index (χ1n) is 5.83. The fourth-order valence-electron chi connectivity index (χ4n) is 1.51. The van der Waals surface area contributed by atoms with Crippen molar-refractivity contribution in [1.29, 1.82) is 0 Å². The van der Waals surface area contributed by atoms with E-state index in [0.717, 1.165) is 11.0 Å². The Morgan fingerprint density at radius 3 is 2.84 bits per heavy atom. The molecule has 6 nitrogen and oxygen atoms in total. The summed E-state index contributed by atoms with van der Waals surface area (Å²) < 4.78 is 4.05. The van der Waals surface area contributed by atoms with Gasteiger partial charge < -0.3 is 16.4 Å². The van der Waals surface area contributed by atoms with Gasteiger partial charge in [-0.1, -0.05) is 12.1 Å². The number of carbonyl (C=O) groups excluding carboxylic acids is 1. The molecule has 1 heterocycles. The summed E-state index contributed by atoms with van der Waals surface area (Å²) in [4.78, 5) is 16.0. The van der Waals surface area contributed by atoms with Crippen LogP contribution >= 0.6 is 11.5 Å². The molecule has 0 atom stereocenters. The highest BCUT2D eigenvalue weighted by atomic mass is 32.1. The highest BCUT2D eigenvalue weighted by Crippen LogP contribution is 2.10. The van der Waals surface area contributed by atoms with Gasteiger partial charge in [-0.15, -0.1) is 0 Å². The van der Waals surface area contributed by atoms with E-state index in [0.29, 0.717) is 24.3 Å². The molecule has 0 aliphatic carbocycles. The Morgan fingerprint density at radius 2 is 2.16 bits per heavy atom. The van der Waals surface area contributed by atoms with Gasteiger partial charge in [0.1, 0.15) is 5.82 Å². The van der Waals surface area contributed by atoms with E-state index in [9.17, 15) is 4.79 Å². The predicted octanol–water partition coefficient (Wildman–Crippen LogP) is 1.27. The average Bonchev–Trinajstić information content (AvgIpc) is 2.81. The molecule has 1 aromatic heterocycles. The van der Waals surface area contributed by atoms with E-state index in [1.165, 1.54) is 11.5 Å². The minimum absolute atomic E-state index is 0.173. The number of aryl methyl sites for hydroxylation is 1. The van der Waals surface area contributed by atoms with Crippen molar-refractivity contribution in [3.63, 3.8) is 0 Å². The number of carbonyl (C=O) groups is 1. The number of amides is 1. The van der Waals surface area contributed by atoms with Gasteiger partial charge in [0, 0.05) is 30.3 Å². The third-order valence-corrected chi connectivity index (χ3v) is 3.18. The van der Waals surface area contributed by atoms with E-state index in [4.69, 9.17) is 5.73 Å². The van der Waals surface area contributed by atoms with Crippen LogP contribution in [0.5, 0.6) is 0 Å². The van der Waals surface area contributed by atoms with Gasteiger partial charge in [-0.05, 0) is 19.1 Å². The molecule has 19 heavy (non-hydrogen) atoms. The van der Waals surface area contributed by atoms with E-state index in [-0.39, 0.29) is 5.91 Å². The van der Waals surface area contributed by atoms with Crippen LogP contribution in [-0.2, 0) is 0 Å². The smallest absolute Gasteiger partial charge is 0.253 e. The maximum atomic E-state index is 11.8. The minimum atomic E-state index is -0.173. The van der Waals surface area contributed by atoms with Crippen molar-refractivity contribution in [3.05, 3.63) is 35.7 Å². The van der Waals surface area contributed by atoms with Gasteiger partial charge in [-0.3, -0.25) is 4.79 Å². The number of anilines is 2. The Hall–Kier alpha value is -2.15. The van der Waals surface area contributed by atoms with Crippen LogP contribution in [0.15, 0.2) is 24.3 Å². The third-order valence-electron chi connectivity index (χ3n) is 2.42. The van der Waals surface area contributed by atoms with Crippen LogP contribution in [0.3, 0.4) is 0 Å². The lowest BCUT2D eigenvalue weighted by atomic mass is 10.2. The number of nitrogens with zero attached hydrogens (tertiary/aromatic N) is 2. The lowest BCUT2D eigenvalue weighted by molar-refractivity contribution is 0.0956. The molecule has 2 aromatic rings. The van der Waals surface area contributed by atoms with Gasteiger partial charge >= 0.3 is 0 Å². The maximum Gasteiger partial charge on any atom is 0.253 e. The van der Waals surface area contributed by atoms with E-state index in [1.54, 1.807) is 24.3 Å². The molecule has 100 valence electrons. The zero-order valence-electron chi connectivity index (χ0n) is 10.5. The van der Waals surface area contributed by atoms with Gasteiger partial charge in [0.25, 0.3) is 5.91 Å². The molecule has 0 spiro atoms. The summed E-state index contributed by atoms with van der Waals surface area (Å²) in [5, 5.41) is 6.63. The number of hydrogen-bond donors (Lipinski definition) is 3. The molecule has 0 bridgehead atoms. The largest absolute Gasteiger partial charge is 0.398 e. The third kappa shape index (κ3) is 3.65. The number of rotatable bonds is 5. The van der Waals surface area contributed by atoms with E-state index < -0.39 is 0 Å². The number of nitrogens with two attached hydrogens (primary N) is 1. The number of para-hydroxylation sites is 1. The number of hydrogen-bond acceptors (Lipinski definition) is 6. The monoisotopic (exact) mass is 277 g/mol. The second kappa shape index (κ2) is 6.14. The zero-order chi connectivity index (χ0) is 13.7. The van der Waals surface area contributed by atoms with E-state index in [2.05, 4.69) is 20.0 Å². The Balaban J connectivity index is 1.77. The molecule has 4 N–H and O–H groups in total. The van der Waals surface area contributed by atoms with Crippen molar-refractivity contribution in [2.75, 3.05) is 24.1 Å². The normalized spacial score (nSPS) is 10.2. The van der Waals surface area contributed by atoms with Crippen LogP contribution in [0.25, 0.3) is 0 Å². The minimum Gasteiger partial charge on any atom is -0.398 e. The van der Waals surface area contributed by atoms with Crippen LogP contribution in [-0.4, -0.2) is 28.4 Å². The number of nitrogen functional groups attached to an aromatic ring is 1. The SMILES string of the molecule is Cc1nsc(NCCNC(=O)c2ccccc2N)n1. The van der Waals surface area contributed by atoms with Crippen LogP contribution in [0, 0.1) is 6.92 Å². The molecule has 1 aromatic carbocycles. The van der Waals surface area contributed by atoms with Crippen LogP contribution in [0.4, 0.5) is 10.8 Å². The molecule has 0 saturated carbocycles. The number of aromatic nitrogens is 2. The van der Waals surface area contributed by atoms with Crippen LogP contribution in [0.2, 0.25) is 0 Å². The summed E-state index contributed by atoms with van der Waals surface area (Å²) in [6, 6.07) is 6.99. The van der Waals surface area contributed by atoms with Crippen LogP contribution < -0.4 is 16.4 Å². The Labute approximate surface area is 115 Å². The topological polar surface area (TPSA) is 92.9 Å². The summed E-state index contributed by atoms with van der Waals surface area (Å²) in [7, 11) is 0. The maximum absolute atomic E-state index is 11.8. The van der Waals surface area contributed by atoms with Gasteiger partial charge in [0.2, 0.25) is 5.13 Å². The molecule has 0 radical (unpaired) electrons. The van der Waals surface area contributed by atoms with Crippen molar-refractivity contribution in [2.24, 2.45) is 0 Å². The quantitative estimate of drug-likeness (QED) is 0.565. The standard InChI is InChI=1S/C12H15N5OS/c1-8-16-12(19-17-8)15-7-6-14-11(18)9-4-2-3-5-10(9)13/h2-5H,6-7,13H2,1H3,(H,14,18)(H,15,16,17). The van der Waals surface area contributed by atoms with E-state index in [1.807, 2.05) is 6.92 Å². The lowest BCUT2D eigenvalue weighted by Crippen LogP contribution is -2.29. The molecule has 2 rings (SSSR count). The first kappa shape index (κ1) is 13.3. The summed E-state index contributed by atoms with van der Waals surface area (Å²) in [6.07, 6.45) is 0. The summed E-state index contributed by atoms with van der Waals surface area (Å²) in [5.41, 5.74) is 6.70. The highest BCUT2D eigenvalue weighted by Gasteiger charge is 2.07. The molecule has 0 fully saturated rings. The highest BCUT2D eigenvalue weighted by molar-refractivity contribution is 7.09. The fourth-order valence-corrected chi connectivity index (χ4v) is 2.11. The first-order valence-corrected chi connectivity index (χ1v) is 6.61. The van der Waals surface area contributed by atoms with Crippen molar-refractivity contribution < 1.29 is 4.79 Å². The van der Waals surface area contributed by atoms with Gasteiger partial charge in [0.05, 0.1) is 5.56 Å². The van der Waals surface area contributed by atoms with Crippen molar-refractivity contribution in [1.82, 2.24) is 14.7 Å². The van der Waals surface area contributed by atoms with E-state index >= 15 is 0 Å². The molecule has 0 aliphatic heterocycles. The predicted molar refractivity (Wildman–Crippen MR) is 76.3 cm³/mol. The summed E-state index contributed by atoms with van der Waals surface area (Å²) in [6.45, 7) is 2.92. The fraction of sp³-hybridized carbons (Fsp3) is 0.250. The molecule has 0 aliphatic rings. The van der Waals surface area contributed by atoms with Crippen LogP contribution in [0.1, 0.15) is 16.2 Å². The molecule has 7 heteroatoms. The van der Waals surface area contributed by atoms with Gasteiger partial charge in [-0.25, -0.2) is 4.98 Å². The second-order valence-electron chi connectivity index (χ2n) is 3.92. The summed E-state index contributed by atoms with van der Waals surface area (Å²) in [5.74, 6) is 0.571. The number of benzene rings is 1. The summed E-state index contributed by atoms with van der Waals surface area (Å²) >= 11 is 1.30. The lowest BCUT2D eigenvalue weighted by Gasteiger charge is -2.07.